The molecule has 8 nitrogen and oxygen atoms in total. The van der Waals surface area contributed by atoms with E-state index in [9.17, 15) is 24.2 Å². The number of esters is 1. The van der Waals surface area contributed by atoms with Crippen LogP contribution in [0.2, 0.25) is 10.0 Å². The second kappa shape index (κ2) is 15.1. The Kier molecular flexibility index (Phi) is 12.9. The van der Waals surface area contributed by atoms with Gasteiger partial charge in [-0.15, -0.1) is 0 Å². The topological polar surface area (TPSA) is 113 Å². The lowest BCUT2D eigenvalue weighted by atomic mass is 9.80. The number of benzene rings is 1. The molecule has 11 heteroatoms. The van der Waals surface area contributed by atoms with E-state index < -0.39 is 38.7 Å². The number of amides is 1. The molecule has 0 radical (unpaired) electrons. The van der Waals surface area contributed by atoms with Crippen LogP contribution in [-0.4, -0.2) is 45.6 Å². The predicted molar refractivity (Wildman–Crippen MR) is 139 cm³/mol. The van der Waals surface area contributed by atoms with E-state index in [-0.39, 0.29) is 12.3 Å². The van der Waals surface area contributed by atoms with Crippen LogP contribution in [0.25, 0.3) is 0 Å². The third-order valence-electron chi connectivity index (χ3n) is 6.53. The van der Waals surface area contributed by atoms with Gasteiger partial charge in [-0.3, -0.25) is 9.69 Å². The Morgan fingerprint density at radius 2 is 1.86 bits per heavy atom. The summed E-state index contributed by atoms with van der Waals surface area (Å²) < 4.78 is 21.8. The van der Waals surface area contributed by atoms with Crippen LogP contribution in [0.15, 0.2) is 18.2 Å². The van der Waals surface area contributed by atoms with Crippen LogP contribution in [0, 0.1) is 11.8 Å². The number of aliphatic hydroxyl groups is 1. The van der Waals surface area contributed by atoms with E-state index in [1.807, 2.05) is 6.92 Å². The van der Waals surface area contributed by atoms with Crippen LogP contribution in [0.5, 0.6) is 0 Å². The van der Waals surface area contributed by atoms with Crippen molar-refractivity contribution in [2.75, 3.05) is 6.16 Å². The first-order chi connectivity index (χ1) is 17.0. The zero-order valence-corrected chi connectivity index (χ0v) is 23.5. The number of rotatable bonds is 12. The minimum Gasteiger partial charge on any atom is -0.425 e. The van der Waals surface area contributed by atoms with Gasteiger partial charge in [0.25, 0.3) is 0 Å². The molecule has 1 saturated carbocycles. The Morgan fingerprint density at radius 1 is 1.17 bits per heavy atom. The fourth-order valence-corrected chi connectivity index (χ4v) is 5.80. The summed E-state index contributed by atoms with van der Waals surface area (Å²) in [6.45, 7) is 5.04. The molecule has 0 spiro atoms. The number of hydrogen-bond donors (Lipinski definition) is 2. The first kappa shape index (κ1) is 30.8. The highest BCUT2D eigenvalue weighted by molar-refractivity contribution is 7.38. The largest absolute Gasteiger partial charge is 0.505 e. The lowest BCUT2D eigenvalue weighted by Crippen LogP contribution is -2.44. The normalized spacial score (nSPS) is 20.7. The molecule has 1 amide bonds. The molecule has 2 rings (SSSR count). The van der Waals surface area contributed by atoms with Gasteiger partial charge in [-0.1, -0.05) is 49.0 Å². The number of aliphatic hydroxyl groups excluding tert-OH is 1. The fraction of sp³-hybridized carbons (Fsp3) is 0.680. The summed E-state index contributed by atoms with van der Waals surface area (Å²) in [7, 11) is -2.17. The molecule has 0 aromatic heterocycles. The molecule has 0 saturated heterocycles. The van der Waals surface area contributed by atoms with Gasteiger partial charge in [0.2, 0.25) is 6.29 Å². The van der Waals surface area contributed by atoms with Gasteiger partial charge >= 0.3 is 20.1 Å². The SMILES string of the molecule is CCCC(=O)OC(C)OC(=O)N(C(O)CCC1CCCC(C[P+](=O)O)C1)[C@@H](C)c1ccc(Cl)c(Cl)c1. The van der Waals surface area contributed by atoms with Crippen LogP contribution in [0.3, 0.4) is 0 Å². The Bertz CT molecular complexity index is 903. The Labute approximate surface area is 224 Å². The lowest BCUT2D eigenvalue weighted by Gasteiger charge is -2.35. The summed E-state index contributed by atoms with van der Waals surface area (Å²) in [5, 5.41) is 11.8. The number of carbonyl (C=O) groups excluding carboxylic acids is 2. The summed E-state index contributed by atoms with van der Waals surface area (Å²) in [4.78, 5) is 35.4. The van der Waals surface area contributed by atoms with Crippen molar-refractivity contribution in [3.05, 3.63) is 33.8 Å². The zero-order chi connectivity index (χ0) is 26.8. The van der Waals surface area contributed by atoms with Crippen LogP contribution < -0.4 is 0 Å². The third kappa shape index (κ3) is 9.79. The molecule has 1 aromatic carbocycles. The van der Waals surface area contributed by atoms with Crippen molar-refractivity contribution in [3.8, 4) is 0 Å². The van der Waals surface area contributed by atoms with Crippen molar-refractivity contribution in [2.24, 2.45) is 11.8 Å². The van der Waals surface area contributed by atoms with E-state index in [0.717, 1.165) is 25.7 Å². The first-order valence-electron chi connectivity index (χ1n) is 12.5. The molecule has 5 unspecified atom stereocenters. The van der Waals surface area contributed by atoms with Crippen LogP contribution in [-0.2, 0) is 18.8 Å². The van der Waals surface area contributed by atoms with E-state index in [2.05, 4.69) is 0 Å². The second-order valence-electron chi connectivity index (χ2n) is 9.44. The van der Waals surface area contributed by atoms with E-state index in [0.29, 0.717) is 47.0 Å². The van der Waals surface area contributed by atoms with E-state index in [4.69, 9.17) is 32.7 Å². The lowest BCUT2D eigenvalue weighted by molar-refractivity contribution is -0.168. The van der Waals surface area contributed by atoms with Crippen LogP contribution in [0.4, 0.5) is 4.79 Å². The molecule has 0 aliphatic heterocycles. The monoisotopic (exact) mass is 564 g/mol. The number of carbonyl (C=O) groups is 2. The minimum atomic E-state index is -2.17. The van der Waals surface area contributed by atoms with Crippen molar-refractivity contribution >= 4 is 43.3 Å². The number of halogens is 2. The number of hydrogen-bond acceptors (Lipinski definition) is 6. The van der Waals surface area contributed by atoms with E-state index >= 15 is 0 Å². The zero-order valence-electron chi connectivity index (χ0n) is 21.1. The molecule has 0 heterocycles. The highest BCUT2D eigenvalue weighted by Gasteiger charge is 2.33. The Balaban J connectivity index is 2.13. The van der Waals surface area contributed by atoms with Gasteiger partial charge in [-0.25, -0.2) is 4.79 Å². The van der Waals surface area contributed by atoms with Gasteiger partial charge in [0.1, 0.15) is 6.23 Å². The molecule has 1 aromatic rings. The number of ether oxygens (including phenoxy) is 2. The van der Waals surface area contributed by atoms with Crippen molar-refractivity contribution in [1.29, 1.82) is 0 Å². The van der Waals surface area contributed by atoms with Gasteiger partial charge in [0.15, 0.2) is 6.16 Å². The molecule has 202 valence electrons. The molecule has 1 aliphatic carbocycles. The number of nitrogens with zero attached hydrogens (tertiary/aromatic N) is 1. The van der Waals surface area contributed by atoms with Gasteiger partial charge in [0.05, 0.1) is 16.1 Å². The van der Waals surface area contributed by atoms with Crippen LogP contribution >= 0.6 is 31.2 Å². The maximum Gasteiger partial charge on any atom is 0.505 e. The molecule has 2 N–H and O–H groups in total. The molecule has 1 fully saturated rings. The summed E-state index contributed by atoms with van der Waals surface area (Å²) in [6, 6.07) is 4.36. The first-order valence-corrected chi connectivity index (χ1v) is 14.6. The third-order valence-corrected chi connectivity index (χ3v) is 8.10. The average molecular weight is 565 g/mol. The second-order valence-corrected chi connectivity index (χ2v) is 11.3. The summed E-state index contributed by atoms with van der Waals surface area (Å²) in [6.07, 6.45) is 2.66. The van der Waals surface area contributed by atoms with Crippen molar-refractivity contribution in [1.82, 2.24) is 4.90 Å². The van der Waals surface area contributed by atoms with Gasteiger partial charge < -0.3 is 14.6 Å². The summed E-state index contributed by atoms with van der Waals surface area (Å²) >= 11 is 12.2. The van der Waals surface area contributed by atoms with Gasteiger partial charge in [-0.05, 0) is 67.2 Å². The van der Waals surface area contributed by atoms with Crippen molar-refractivity contribution in [3.63, 3.8) is 0 Å². The standard InChI is InChI=1S/C25H36Cl2NO7P/c1-4-6-24(30)34-17(3)35-25(31)28(16(2)20-10-11-21(26)22(27)14-20)23(29)12-9-18-7-5-8-19(13-18)15-36(32)33/h10-11,14,16-19,23,29H,4-9,12-13,15H2,1-3H3/p+1/t16-,17?,18?,19?,23?/m0/s1. The van der Waals surface area contributed by atoms with Crippen molar-refractivity contribution < 1.29 is 33.6 Å². The highest BCUT2D eigenvalue weighted by Crippen LogP contribution is 2.37. The minimum absolute atomic E-state index is 0.198. The molecule has 6 atom stereocenters. The smallest absolute Gasteiger partial charge is 0.425 e. The van der Waals surface area contributed by atoms with Gasteiger partial charge in [-0.2, -0.15) is 4.89 Å². The van der Waals surface area contributed by atoms with E-state index in [1.54, 1.807) is 25.1 Å². The molecular weight excluding hydrogens is 528 g/mol. The Hall–Kier alpha value is -1.44. The predicted octanol–water partition coefficient (Wildman–Crippen LogP) is 6.82. The quantitative estimate of drug-likeness (QED) is 0.162. The summed E-state index contributed by atoms with van der Waals surface area (Å²) in [5.74, 6) is 0.0173. The van der Waals surface area contributed by atoms with Gasteiger partial charge in [0, 0.05) is 19.3 Å². The van der Waals surface area contributed by atoms with E-state index in [1.165, 1.54) is 11.8 Å². The molecule has 0 bridgehead atoms. The molecular formula is C25H37Cl2NO7P+. The molecule has 1 aliphatic rings. The average Bonchev–Trinajstić information content (AvgIpc) is 2.79. The maximum absolute atomic E-state index is 13.2. The maximum atomic E-state index is 13.2. The van der Waals surface area contributed by atoms with Crippen LogP contribution in [0.1, 0.15) is 83.7 Å². The fourth-order valence-electron chi connectivity index (χ4n) is 4.72. The van der Waals surface area contributed by atoms with Crippen molar-refractivity contribution in [2.45, 2.75) is 90.7 Å². The molecule has 36 heavy (non-hydrogen) atoms. The Morgan fingerprint density at radius 3 is 2.50 bits per heavy atom. The summed E-state index contributed by atoms with van der Waals surface area (Å²) in [5.41, 5.74) is 0.653. The highest BCUT2D eigenvalue weighted by atomic mass is 35.5.